The third-order valence-electron chi connectivity index (χ3n) is 6.09. The number of hydrogen-bond donors (Lipinski definition) is 0. The molecule has 5 rings (SSSR count). The summed E-state index contributed by atoms with van der Waals surface area (Å²) in [6.45, 7) is 3.22. The number of methoxy groups -OCH3 is 1. The van der Waals surface area contributed by atoms with Gasteiger partial charge in [0.15, 0.2) is 5.75 Å². The number of para-hydroxylation sites is 2. The molecule has 3 aromatic carbocycles. The van der Waals surface area contributed by atoms with Crippen molar-refractivity contribution < 1.29 is 23.0 Å². The molecular weight excluding hydrogens is 440 g/mol. The second kappa shape index (κ2) is 8.78. The van der Waals surface area contributed by atoms with Gasteiger partial charge in [0.2, 0.25) is 0 Å². The largest absolute Gasteiger partial charge is 0.497 e. The van der Waals surface area contributed by atoms with E-state index in [9.17, 15) is 13.6 Å². The molecule has 8 heteroatoms. The Labute approximate surface area is 196 Å². The molecule has 174 valence electrons. The smallest absolute Gasteiger partial charge is 0.257 e. The van der Waals surface area contributed by atoms with Crippen LogP contribution >= 0.6 is 0 Å². The van der Waals surface area contributed by atoms with Crippen LogP contribution in [-0.4, -0.2) is 54.3 Å². The zero-order valence-corrected chi connectivity index (χ0v) is 18.8. The van der Waals surface area contributed by atoms with Crippen molar-refractivity contribution >= 4 is 17.4 Å². The zero-order valence-electron chi connectivity index (χ0n) is 18.8. The SMILES string of the molecule is COc1ccc2c(c1)C(N1CCN(C(=O)c3ccc(F)cc3F)[C@@H](C)C1)=Nc1ccccc1O2. The minimum absolute atomic E-state index is 0.133. The van der Waals surface area contributed by atoms with Gasteiger partial charge in [-0.25, -0.2) is 13.8 Å². The molecule has 0 aromatic heterocycles. The van der Waals surface area contributed by atoms with E-state index >= 15 is 0 Å². The van der Waals surface area contributed by atoms with Crippen LogP contribution in [0.3, 0.4) is 0 Å². The number of fused-ring (bicyclic) bond motifs is 2. The van der Waals surface area contributed by atoms with Crippen molar-refractivity contribution in [2.24, 2.45) is 4.99 Å². The predicted octanol–water partition coefficient (Wildman–Crippen LogP) is 5.00. The number of carbonyl (C=O) groups excluding carboxylic acids is 1. The van der Waals surface area contributed by atoms with Crippen molar-refractivity contribution in [2.75, 3.05) is 26.7 Å². The molecule has 0 aliphatic carbocycles. The molecular formula is C26H23F2N3O3. The van der Waals surface area contributed by atoms with Crippen molar-refractivity contribution in [1.82, 2.24) is 9.80 Å². The third-order valence-corrected chi connectivity index (χ3v) is 6.09. The summed E-state index contributed by atoms with van der Waals surface area (Å²) >= 11 is 0. The lowest BCUT2D eigenvalue weighted by atomic mass is 10.1. The standard InChI is InChI=1S/C26H23F2N3O3/c1-16-15-30(11-12-31(16)26(32)19-9-7-17(27)13-21(19)28)25-20-14-18(33-2)8-10-23(20)34-24-6-4-3-5-22(24)29-25/h3-10,13-14,16H,11-12,15H2,1-2H3/t16-/m0/s1. The van der Waals surface area contributed by atoms with Crippen LogP contribution in [0.5, 0.6) is 17.2 Å². The van der Waals surface area contributed by atoms with Crippen molar-refractivity contribution in [3.8, 4) is 17.2 Å². The predicted molar refractivity (Wildman–Crippen MR) is 124 cm³/mol. The van der Waals surface area contributed by atoms with Gasteiger partial charge in [-0.3, -0.25) is 4.79 Å². The van der Waals surface area contributed by atoms with Gasteiger partial charge in [0, 0.05) is 31.7 Å². The van der Waals surface area contributed by atoms with Crippen LogP contribution in [-0.2, 0) is 0 Å². The first-order chi connectivity index (χ1) is 16.4. The van der Waals surface area contributed by atoms with Gasteiger partial charge in [0.25, 0.3) is 5.91 Å². The Morgan fingerprint density at radius 2 is 1.88 bits per heavy atom. The van der Waals surface area contributed by atoms with Gasteiger partial charge >= 0.3 is 0 Å². The lowest BCUT2D eigenvalue weighted by molar-refractivity contribution is 0.0576. The number of amidine groups is 1. The second-order valence-corrected chi connectivity index (χ2v) is 8.29. The van der Waals surface area contributed by atoms with Gasteiger partial charge in [0.05, 0.1) is 18.2 Å². The number of ether oxygens (including phenoxy) is 2. The first-order valence-electron chi connectivity index (χ1n) is 11.0. The molecule has 1 fully saturated rings. The molecule has 1 amide bonds. The Morgan fingerprint density at radius 3 is 2.65 bits per heavy atom. The molecule has 0 N–H and O–H groups in total. The van der Waals surface area contributed by atoms with Gasteiger partial charge < -0.3 is 19.3 Å². The summed E-state index contributed by atoms with van der Waals surface area (Å²) in [4.78, 5) is 21.6. The van der Waals surface area contributed by atoms with E-state index in [1.165, 1.54) is 6.07 Å². The van der Waals surface area contributed by atoms with Crippen LogP contribution in [0.15, 0.2) is 65.7 Å². The fraction of sp³-hybridized carbons (Fsp3) is 0.231. The number of nitrogens with zero attached hydrogens (tertiary/aromatic N) is 3. The number of amides is 1. The van der Waals surface area contributed by atoms with Crippen molar-refractivity contribution in [3.63, 3.8) is 0 Å². The first kappa shape index (κ1) is 21.9. The number of piperazine rings is 1. The quantitative estimate of drug-likeness (QED) is 0.537. The van der Waals surface area contributed by atoms with E-state index in [0.717, 1.165) is 17.7 Å². The maximum absolute atomic E-state index is 14.2. The fourth-order valence-corrected chi connectivity index (χ4v) is 4.34. The number of hydrogen-bond acceptors (Lipinski definition) is 5. The molecule has 0 radical (unpaired) electrons. The summed E-state index contributed by atoms with van der Waals surface area (Å²) in [5.41, 5.74) is 1.35. The summed E-state index contributed by atoms with van der Waals surface area (Å²) in [7, 11) is 1.60. The van der Waals surface area contributed by atoms with E-state index in [1.54, 1.807) is 12.0 Å². The van der Waals surface area contributed by atoms with Gasteiger partial charge in [0.1, 0.15) is 34.7 Å². The van der Waals surface area contributed by atoms with E-state index in [0.29, 0.717) is 48.4 Å². The van der Waals surface area contributed by atoms with E-state index in [4.69, 9.17) is 14.5 Å². The van der Waals surface area contributed by atoms with Gasteiger partial charge in [-0.2, -0.15) is 0 Å². The van der Waals surface area contributed by atoms with Crippen molar-refractivity contribution in [2.45, 2.75) is 13.0 Å². The second-order valence-electron chi connectivity index (χ2n) is 8.29. The summed E-state index contributed by atoms with van der Waals surface area (Å²) in [6, 6.07) is 15.9. The summed E-state index contributed by atoms with van der Waals surface area (Å²) in [6.07, 6.45) is 0. The van der Waals surface area contributed by atoms with E-state index in [1.807, 2.05) is 49.4 Å². The molecule has 0 bridgehead atoms. The van der Waals surface area contributed by atoms with E-state index < -0.39 is 17.5 Å². The Bertz CT molecular complexity index is 1290. The van der Waals surface area contributed by atoms with Crippen LogP contribution < -0.4 is 9.47 Å². The highest BCUT2D eigenvalue weighted by atomic mass is 19.1. The maximum atomic E-state index is 14.2. The molecule has 2 aliphatic rings. The lowest BCUT2D eigenvalue weighted by Gasteiger charge is -2.41. The highest BCUT2D eigenvalue weighted by Crippen LogP contribution is 2.39. The number of rotatable bonds is 2. The molecule has 3 aromatic rings. The maximum Gasteiger partial charge on any atom is 0.257 e. The molecule has 1 atom stereocenters. The van der Waals surface area contributed by atoms with Crippen LogP contribution in [0.4, 0.5) is 14.5 Å². The number of halogens is 2. The molecule has 34 heavy (non-hydrogen) atoms. The van der Waals surface area contributed by atoms with E-state index in [-0.39, 0.29) is 11.6 Å². The zero-order chi connectivity index (χ0) is 23.8. The Kier molecular flexibility index (Phi) is 5.65. The fourth-order valence-electron chi connectivity index (χ4n) is 4.34. The van der Waals surface area contributed by atoms with E-state index in [2.05, 4.69) is 4.90 Å². The molecule has 2 heterocycles. The third kappa shape index (κ3) is 3.96. The highest BCUT2D eigenvalue weighted by Gasteiger charge is 2.33. The molecule has 0 saturated carbocycles. The molecule has 6 nitrogen and oxygen atoms in total. The Hall–Kier alpha value is -3.94. The Morgan fingerprint density at radius 1 is 1.06 bits per heavy atom. The number of benzene rings is 3. The molecule has 2 aliphatic heterocycles. The summed E-state index contributed by atoms with van der Waals surface area (Å²) in [5, 5.41) is 0. The Balaban J connectivity index is 1.46. The lowest BCUT2D eigenvalue weighted by Crippen LogP contribution is -2.55. The molecule has 0 spiro atoms. The normalized spacial score (nSPS) is 17.2. The average molecular weight is 463 g/mol. The molecule has 1 saturated heterocycles. The topological polar surface area (TPSA) is 54.4 Å². The highest BCUT2D eigenvalue weighted by molar-refractivity contribution is 6.04. The van der Waals surface area contributed by atoms with Crippen LogP contribution in [0, 0.1) is 11.6 Å². The minimum Gasteiger partial charge on any atom is -0.497 e. The van der Waals surface area contributed by atoms with Gasteiger partial charge in [-0.1, -0.05) is 12.1 Å². The summed E-state index contributed by atoms with van der Waals surface area (Å²) < 4.78 is 39.1. The minimum atomic E-state index is -0.859. The number of aliphatic imine (C=N–C) groups is 1. The average Bonchev–Trinajstić information content (AvgIpc) is 3.00. The van der Waals surface area contributed by atoms with Crippen LogP contribution in [0.25, 0.3) is 0 Å². The monoisotopic (exact) mass is 463 g/mol. The first-order valence-corrected chi connectivity index (χ1v) is 11.0. The number of carbonyl (C=O) groups is 1. The van der Waals surface area contributed by atoms with Gasteiger partial charge in [-0.15, -0.1) is 0 Å². The van der Waals surface area contributed by atoms with Gasteiger partial charge in [-0.05, 0) is 49.4 Å². The molecule has 0 unspecified atom stereocenters. The van der Waals surface area contributed by atoms with Crippen molar-refractivity contribution in [1.29, 1.82) is 0 Å². The summed E-state index contributed by atoms with van der Waals surface area (Å²) in [5.74, 6) is 0.669. The van der Waals surface area contributed by atoms with Crippen molar-refractivity contribution in [3.05, 3.63) is 83.4 Å². The van der Waals surface area contributed by atoms with Crippen LogP contribution in [0.2, 0.25) is 0 Å². The van der Waals surface area contributed by atoms with Crippen LogP contribution in [0.1, 0.15) is 22.8 Å².